The van der Waals surface area contributed by atoms with E-state index in [0.717, 1.165) is 0 Å². The third kappa shape index (κ3) is 9.89. The van der Waals surface area contributed by atoms with E-state index in [-0.39, 0.29) is 37.9 Å². The molecular weight excluding hydrogens is 416 g/mol. The topological polar surface area (TPSA) is 214 Å². The maximum atomic E-state index is 12.9. The summed E-state index contributed by atoms with van der Waals surface area (Å²) in [6, 6.07) is 6.60. The lowest BCUT2D eigenvalue weighted by Crippen LogP contribution is -2.52. The highest BCUT2D eigenvalue weighted by Gasteiger charge is 2.34. The molecule has 0 aliphatic heterocycles. The van der Waals surface area contributed by atoms with Crippen molar-refractivity contribution in [1.82, 2.24) is 15.5 Å². The fraction of sp³-hybridized carbons (Fsp3) is 0.450. The number of nitrogens with two attached hydrogens (primary N) is 3. The molecule has 0 aliphatic carbocycles. The van der Waals surface area contributed by atoms with E-state index in [1.807, 2.05) is 6.07 Å². The van der Waals surface area contributed by atoms with Gasteiger partial charge in [0, 0.05) is 13.1 Å². The lowest BCUT2D eigenvalue weighted by molar-refractivity contribution is -0.132. The fourth-order valence-electron chi connectivity index (χ4n) is 2.77. The molecule has 12 nitrogen and oxygen atoms in total. The first-order valence-electron chi connectivity index (χ1n) is 10.1. The summed E-state index contributed by atoms with van der Waals surface area (Å²) in [7, 11) is 0. The van der Waals surface area contributed by atoms with Crippen molar-refractivity contribution in [2.75, 3.05) is 13.1 Å². The minimum atomic E-state index is -1.21. The smallest absolute Gasteiger partial charge is 0.417 e. The Hall–Kier alpha value is -3.67. The molecule has 32 heavy (non-hydrogen) atoms. The van der Waals surface area contributed by atoms with Gasteiger partial charge in [0.2, 0.25) is 12.2 Å². The number of amides is 2. The van der Waals surface area contributed by atoms with Crippen molar-refractivity contribution in [3.8, 4) is 0 Å². The first kappa shape index (κ1) is 26.4. The molecule has 12 heteroatoms. The summed E-state index contributed by atoms with van der Waals surface area (Å²) >= 11 is 0. The van der Waals surface area contributed by atoms with Crippen LogP contribution in [0.15, 0.2) is 30.3 Å². The highest BCUT2D eigenvalue weighted by Crippen LogP contribution is 2.13. The van der Waals surface area contributed by atoms with Crippen LogP contribution < -0.4 is 27.8 Å². The van der Waals surface area contributed by atoms with Crippen molar-refractivity contribution in [1.29, 1.82) is 10.8 Å². The Bertz CT molecular complexity index is 774. The molecule has 1 rings (SSSR count). The van der Waals surface area contributed by atoms with Crippen LogP contribution in [0.2, 0.25) is 0 Å². The van der Waals surface area contributed by atoms with Gasteiger partial charge in [-0.1, -0.05) is 30.3 Å². The summed E-state index contributed by atoms with van der Waals surface area (Å²) < 4.78 is 5.25. The summed E-state index contributed by atoms with van der Waals surface area (Å²) in [6.07, 6.45) is 1.76. The van der Waals surface area contributed by atoms with Gasteiger partial charge in [-0.3, -0.25) is 20.4 Å². The zero-order valence-electron chi connectivity index (χ0n) is 17.8. The molecule has 0 saturated carbocycles. The molecule has 2 amide bonds. The van der Waals surface area contributed by atoms with Gasteiger partial charge in [-0.25, -0.2) is 9.69 Å². The fourth-order valence-corrected chi connectivity index (χ4v) is 2.77. The molecule has 1 radical (unpaired) electrons. The maximum Gasteiger partial charge on any atom is 0.417 e. The standard InChI is InChI=1S/C20H31N8O4/c21-16(9-5-11-27-19(24)25)17(30)28(15(12-29)8-4-10-26-18(22)23)20(31)32-13-14-6-2-1-3-7-14/h1-3,6-7,15-16H,4-5,8-11,13,21H2,(H4,22,23,26)(H4,24,25,27)/t15-,16-/m0/s1. The Morgan fingerprint density at radius 2 is 1.59 bits per heavy atom. The van der Waals surface area contributed by atoms with Gasteiger partial charge in [0.1, 0.15) is 12.6 Å². The van der Waals surface area contributed by atoms with Crippen molar-refractivity contribution >= 4 is 30.2 Å². The van der Waals surface area contributed by atoms with Gasteiger partial charge in [-0.2, -0.15) is 0 Å². The molecule has 0 spiro atoms. The summed E-state index contributed by atoms with van der Waals surface area (Å²) in [6.45, 7) is 0.519. The lowest BCUT2D eigenvalue weighted by Gasteiger charge is -2.27. The van der Waals surface area contributed by atoms with Gasteiger partial charge in [-0.15, -0.1) is 0 Å². The van der Waals surface area contributed by atoms with Crippen LogP contribution in [-0.4, -0.2) is 60.3 Å². The largest absolute Gasteiger partial charge is 0.444 e. The number of nitrogens with one attached hydrogen (secondary N) is 4. The van der Waals surface area contributed by atoms with Crippen molar-refractivity contribution in [2.45, 2.75) is 44.4 Å². The normalized spacial score (nSPS) is 12.2. The van der Waals surface area contributed by atoms with Gasteiger partial charge >= 0.3 is 6.09 Å². The molecule has 0 aliphatic rings. The van der Waals surface area contributed by atoms with Crippen LogP contribution in [0.1, 0.15) is 31.2 Å². The van der Waals surface area contributed by atoms with E-state index >= 15 is 0 Å². The van der Waals surface area contributed by atoms with E-state index in [1.54, 1.807) is 30.6 Å². The molecule has 0 bridgehead atoms. The first-order valence-corrected chi connectivity index (χ1v) is 10.1. The summed E-state index contributed by atoms with van der Waals surface area (Å²) in [5, 5.41) is 19.5. The van der Waals surface area contributed by atoms with Crippen molar-refractivity contribution in [3.63, 3.8) is 0 Å². The van der Waals surface area contributed by atoms with Crippen LogP contribution in [0, 0.1) is 10.8 Å². The predicted molar refractivity (Wildman–Crippen MR) is 119 cm³/mol. The number of hydrogen-bond acceptors (Lipinski definition) is 7. The van der Waals surface area contributed by atoms with E-state index in [4.69, 9.17) is 32.8 Å². The number of carbonyl (C=O) groups is 2. The van der Waals surface area contributed by atoms with Gasteiger partial charge in [0.15, 0.2) is 11.9 Å². The number of benzene rings is 1. The van der Waals surface area contributed by atoms with Crippen LogP contribution in [-0.2, 0) is 20.9 Å². The summed E-state index contributed by atoms with van der Waals surface area (Å²) in [5.41, 5.74) is 17.1. The Morgan fingerprint density at radius 3 is 2.12 bits per heavy atom. The molecule has 2 atom stereocenters. The Morgan fingerprint density at radius 1 is 1.03 bits per heavy atom. The van der Waals surface area contributed by atoms with E-state index < -0.39 is 24.1 Å². The Labute approximate surface area is 186 Å². The van der Waals surface area contributed by atoms with Crippen molar-refractivity contribution in [2.24, 2.45) is 17.2 Å². The number of nitrogens with zero attached hydrogens (tertiary/aromatic N) is 1. The van der Waals surface area contributed by atoms with E-state index in [1.165, 1.54) is 0 Å². The van der Waals surface area contributed by atoms with Gasteiger partial charge in [-0.05, 0) is 31.2 Å². The van der Waals surface area contributed by atoms with E-state index in [0.29, 0.717) is 29.8 Å². The van der Waals surface area contributed by atoms with Gasteiger partial charge < -0.3 is 32.6 Å². The van der Waals surface area contributed by atoms with Crippen LogP contribution in [0.4, 0.5) is 4.79 Å². The monoisotopic (exact) mass is 447 g/mol. The quantitative estimate of drug-likeness (QED) is 0.117. The zero-order valence-corrected chi connectivity index (χ0v) is 17.8. The summed E-state index contributed by atoms with van der Waals surface area (Å²) in [4.78, 5) is 38.0. The lowest BCUT2D eigenvalue weighted by atomic mass is 10.1. The Balaban J connectivity index is 2.84. The average molecular weight is 448 g/mol. The molecule has 10 N–H and O–H groups in total. The molecule has 0 aromatic heterocycles. The predicted octanol–water partition coefficient (Wildman–Crippen LogP) is -0.516. The molecule has 0 unspecified atom stereocenters. The van der Waals surface area contributed by atoms with E-state index in [9.17, 15) is 14.4 Å². The zero-order chi connectivity index (χ0) is 23.9. The van der Waals surface area contributed by atoms with Crippen LogP contribution in [0.3, 0.4) is 0 Å². The Kier molecular flexibility index (Phi) is 11.8. The average Bonchev–Trinajstić information content (AvgIpc) is 2.77. The van der Waals surface area contributed by atoms with Gasteiger partial charge in [0.05, 0.1) is 6.04 Å². The maximum absolute atomic E-state index is 12.9. The molecule has 175 valence electrons. The van der Waals surface area contributed by atoms with Gasteiger partial charge in [0.25, 0.3) is 0 Å². The number of carbonyl (C=O) groups excluding carboxylic acids is 3. The number of guanidine groups is 2. The molecule has 0 saturated heterocycles. The third-order valence-electron chi connectivity index (χ3n) is 4.38. The highest BCUT2D eigenvalue weighted by atomic mass is 16.6. The second kappa shape index (κ2) is 14.4. The van der Waals surface area contributed by atoms with E-state index in [2.05, 4.69) is 10.6 Å². The second-order valence-corrected chi connectivity index (χ2v) is 6.95. The number of hydrogen-bond donors (Lipinski definition) is 7. The van der Waals surface area contributed by atoms with Crippen LogP contribution in [0.5, 0.6) is 0 Å². The first-order chi connectivity index (χ1) is 15.3. The second-order valence-electron chi connectivity index (χ2n) is 6.95. The molecule has 1 aromatic rings. The van der Waals surface area contributed by atoms with Crippen LogP contribution >= 0.6 is 0 Å². The minimum Gasteiger partial charge on any atom is -0.444 e. The molecule has 0 heterocycles. The third-order valence-corrected chi connectivity index (χ3v) is 4.38. The number of ether oxygens (including phenoxy) is 1. The van der Waals surface area contributed by atoms with Crippen LogP contribution in [0.25, 0.3) is 0 Å². The van der Waals surface area contributed by atoms with Crippen molar-refractivity contribution < 1.29 is 19.1 Å². The highest BCUT2D eigenvalue weighted by molar-refractivity contribution is 5.97. The summed E-state index contributed by atoms with van der Waals surface area (Å²) in [5.74, 6) is -1.20. The number of imide groups is 1. The SMILES string of the molecule is N=C(N)NCCC[C@@H]([C]=O)N(C(=O)OCc1ccccc1)C(=O)[C@@H](N)CCCNC(=N)N. The molecular formula is C20H31N8O4. The molecule has 1 aromatic carbocycles. The van der Waals surface area contributed by atoms with Crippen molar-refractivity contribution in [3.05, 3.63) is 35.9 Å². The molecule has 0 fully saturated rings. The number of rotatable bonds is 13. The minimum absolute atomic E-state index is 0.0846.